The van der Waals surface area contributed by atoms with Gasteiger partial charge < -0.3 is 15.6 Å². The molecule has 0 fully saturated rings. The van der Waals surface area contributed by atoms with Crippen LogP contribution in [0.5, 0.6) is 0 Å². The first-order valence-corrected chi connectivity index (χ1v) is 5.53. The smallest absolute Gasteiger partial charge is 0.228 e. The minimum atomic E-state index is -0.124. The second-order valence-corrected chi connectivity index (χ2v) is 4.24. The van der Waals surface area contributed by atoms with Crippen molar-refractivity contribution in [3.05, 3.63) is 24.5 Å². The van der Waals surface area contributed by atoms with Crippen LogP contribution in [0.25, 0.3) is 11.0 Å². The van der Waals surface area contributed by atoms with E-state index in [1.165, 1.54) is 0 Å². The maximum Gasteiger partial charge on any atom is 0.228 e. The third-order valence-corrected chi connectivity index (χ3v) is 2.66. The molecule has 5 heteroatoms. The summed E-state index contributed by atoms with van der Waals surface area (Å²) in [7, 11) is 1.75. The number of benzene rings is 1. The molecule has 1 aromatic carbocycles. The Kier molecular flexibility index (Phi) is 3.10. The molecule has 1 aromatic heterocycles. The molecule has 0 saturated heterocycles. The molecule has 5 nitrogen and oxygen atoms in total. The number of carbonyl (C=O) groups excluding carboxylic acids is 1. The lowest BCUT2D eigenvalue weighted by atomic mass is 10.2. The molecule has 2 rings (SSSR count). The van der Waals surface area contributed by atoms with Gasteiger partial charge in [-0.25, -0.2) is 4.98 Å². The Bertz CT molecular complexity index is 532. The van der Waals surface area contributed by atoms with Crippen LogP contribution in [-0.4, -0.2) is 29.0 Å². The molecule has 0 radical (unpaired) electrons. The Balaban J connectivity index is 2.23. The topological polar surface area (TPSA) is 75.0 Å². The number of rotatable bonds is 3. The number of imidazole rings is 1. The second kappa shape index (κ2) is 4.55. The Morgan fingerprint density at radius 1 is 1.59 bits per heavy atom. The molecule has 0 bridgehead atoms. The lowest BCUT2D eigenvalue weighted by molar-refractivity contribution is -0.118. The number of nitrogens with one attached hydrogen (secondary N) is 1. The molecule has 1 amide bonds. The lowest BCUT2D eigenvalue weighted by Gasteiger charge is -2.18. The van der Waals surface area contributed by atoms with Crippen molar-refractivity contribution in [2.75, 3.05) is 11.9 Å². The highest BCUT2D eigenvalue weighted by molar-refractivity contribution is 5.95. The van der Waals surface area contributed by atoms with Gasteiger partial charge in [-0.05, 0) is 25.1 Å². The fourth-order valence-electron chi connectivity index (χ4n) is 1.69. The van der Waals surface area contributed by atoms with Gasteiger partial charge >= 0.3 is 0 Å². The van der Waals surface area contributed by atoms with Crippen molar-refractivity contribution >= 4 is 22.6 Å². The summed E-state index contributed by atoms with van der Waals surface area (Å²) in [5, 5.41) is 0. The van der Waals surface area contributed by atoms with E-state index < -0.39 is 0 Å². The Morgan fingerprint density at radius 2 is 2.35 bits per heavy atom. The van der Waals surface area contributed by atoms with Gasteiger partial charge in [0.1, 0.15) is 0 Å². The number of carbonyl (C=O) groups is 1. The normalized spacial score (nSPS) is 12.6. The molecule has 1 unspecified atom stereocenters. The van der Waals surface area contributed by atoms with E-state index in [4.69, 9.17) is 5.73 Å². The van der Waals surface area contributed by atoms with Crippen LogP contribution in [0.4, 0.5) is 5.69 Å². The summed E-state index contributed by atoms with van der Waals surface area (Å²) in [6.07, 6.45) is 1.98. The third-order valence-electron chi connectivity index (χ3n) is 2.66. The van der Waals surface area contributed by atoms with Crippen molar-refractivity contribution in [1.29, 1.82) is 0 Å². The van der Waals surface area contributed by atoms with Crippen molar-refractivity contribution in [2.24, 2.45) is 5.73 Å². The van der Waals surface area contributed by atoms with E-state index in [9.17, 15) is 4.79 Å². The molecule has 0 aliphatic carbocycles. The number of amides is 1. The van der Waals surface area contributed by atoms with E-state index in [2.05, 4.69) is 9.97 Å². The van der Waals surface area contributed by atoms with E-state index in [1.807, 2.05) is 25.1 Å². The standard InChI is InChI=1S/C12H16N4O/c1-8(13)5-12(17)16(2)9-3-4-10-11(6-9)15-7-14-10/h3-4,6-8H,5,13H2,1-2H3,(H,14,15). The zero-order chi connectivity index (χ0) is 12.4. The summed E-state index contributed by atoms with van der Waals surface area (Å²) < 4.78 is 0. The van der Waals surface area contributed by atoms with E-state index >= 15 is 0 Å². The molecule has 1 heterocycles. The van der Waals surface area contributed by atoms with Crippen LogP contribution in [0.2, 0.25) is 0 Å². The quantitative estimate of drug-likeness (QED) is 0.836. The minimum Gasteiger partial charge on any atom is -0.345 e. The van der Waals surface area contributed by atoms with Crippen molar-refractivity contribution in [3.63, 3.8) is 0 Å². The number of nitrogens with two attached hydrogens (primary N) is 1. The first-order chi connectivity index (χ1) is 8.08. The van der Waals surface area contributed by atoms with Gasteiger partial charge in [-0.1, -0.05) is 0 Å². The summed E-state index contributed by atoms with van der Waals surface area (Å²) in [6, 6.07) is 5.54. The minimum absolute atomic E-state index is 0.0128. The number of hydrogen-bond acceptors (Lipinski definition) is 3. The average Bonchev–Trinajstić information content (AvgIpc) is 2.73. The number of H-pyrrole nitrogens is 1. The van der Waals surface area contributed by atoms with Crippen LogP contribution in [0, 0.1) is 0 Å². The zero-order valence-corrected chi connectivity index (χ0v) is 9.97. The van der Waals surface area contributed by atoms with Crippen LogP contribution in [0.3, 0.4) is 0 Å². The van der Waals surface area contributed by atoms with Crippen molar-refractivity contribution in [2.45, 2.75) is 19.4 Å². The van der Waals surface area contributed by atoms with Gasteiger partial charge in [0.05, 0.1) is 17.4 Å². The Hall–Kier alpha value is -1.88. The molecule has 0 aliphatic heterocycles. The third kappa shape index (κ3) is 2.45. The van der Waals surface area contributed by atoms with Crippen molar-refractivity contribution < 1.29 is 4.79 Å². The summed E-state index contributed by atoms with van der Waals surface area (Å²) in [6.45, 7) is 1.82. The molecule has 3 N–H and O–H groups in total. The maximum absolute atomic E-state index is 11.8. The molecule has 0 aliphatic rings. The fraction of sp³-hybridized carbons (Fsp3) is 0.333. The van der Waals surface area contributed by atoms with Crippen LogP contribution in [0.15, 0.2) is 24.5 Å². The molecule has 1 atom stereocenters. The van der Waals surface area contributed by atoms with Crippen LogP contribution in [0.1, 0.15) is 13.3 Å². The number of fused-ring (bicyclic) bond motifs is 1. The number of hydrogen-bond donors (Lipinski definition) is 2. The average molecular weight is 232 g/mol. The molecule has 90 valence electrons. The van der Waals surface area contributed by atoms with Gasteiger partial charge in [0.2, 0.25) is 5.91 Å². The summed E-state index contributed by atoms with van der Waals surface area (Å²) >= 11 is 0. The number of aromatic amines is 1. The number of anilines is 1. The molecular weight excluding hydrogens is 216 g/mol. The van der Waals surface area contributed by atoms with Crippen LogP contribution in [-0.2, 0) is 4.79 Å². The van der Waals surface area contributed by atoms with Crippen LogP contribution < -0.4 is 10.6 Å². The molecule has 17 heavy (non-hydrogen) atoms. The van der Waals surface area contributed by atoms with Gasteiger partial charge in [0.15, 0.2) is 0 Å². The highest BCUT2D eigenvalue weighted by Crippen LogP contribution is 2.19. The van der Waals surface area contributed by atoms with Crippen LogP contribution >= 0.6 is 0 Å². The predicted molar refractivity (Wildman–Crippen MR) is 67.8 cm³/mol. The lowest BCUT2D eigenvalue weighted by Crippen LogP contribution is -2.31. The largest absolute Gasteiger partial charge is 0.345 e. The maximum atomic E-state index is 11.8. The Labute approximate surface area is 99.6 Å². The molecule has 0 saturated carbocycles. The summed E-state index contributed by atoms with van der Waals surface area (Å²) in [5.41, 5.74) is 8.27. The van der Waals surface area contributed by atoms with Crippen molar-refractivity contribution in [3.8, 4) is 0 Å². The summed E-state index contributed by atoms with van der Waals surface area (Å²) in [4.78, 5) is 20.6. The molecule has 0 spiro atoms. The van der Waals surface area contributed by atoms with Gasteiger partial charge in [0, 0.05) is 25.2 Å². The fourth-order valence-corrected chi connectivity index (χ4v) is 1.69. The predicted octanol–water partition coefficient (Wildman–Crippen LogP) is 1.26. The van der Waals surface area contributed by atoms with Gasteiger partial charge in [-0.3, -0.25) is 4.79 Å². The highest BCUT2D eigenvalue weighted by Gasteiger charge is 2.13. The number of nitrogens with zero attached hydrogens (tertiary/aromatic N) is 2. The first-order valence-electron chi connectivity index (χ1n) is 5.53. The van der Waals surface area contributed by atoms with Gasteiger partial charge in [-0.2, -0.15) is 0 Å². The Morgan fingerprint density at radius 3 is 3.06 bits per heavy atom. The molecule has 2 aromatic rings. The monoisotopic (exact) mass is 232 g/mol. The highest BCUT2D eigenvalue weighted by atomic mass is 16.2. The van der Waals surface area contributed by atoms with Gasteiger partial charge in [-0.15, -0.1) is 0 Å². The van der Waals surface area contributed by atoms with E-state index in [0.717, 1.165) is 16.7 Å². The molecular formula is C12H16N4O. The van der Waals surface area contributed by atoms with Crippen molar-refractivity contribution in [1.82, 2.24) is 9.97 Å². The zero-order valence-electron chi connectivity index (χ0n) is 9.97. The first kappa shape index (κ1) is 11.6. The summed E-state index contributed by atoms with van der Waals surface area (Å²) in [5.74, 6) is 0.0128. The van der Waals surface area contributed by atoms with E-state index in [-0.39, 0.29) is 11.9 Å². The van der Waals surface area contributed by atoms with Gasteiger partial charge in [0.25, 0.3) is 0 Å². The second-order valence-electron chi connectivity index (χ2n) is 4.24. The van der Waals surface area contributed by atoms with E-state index in [1.54, 1.807) is 18.3 Å². The van der Waals surface area contributed by atoms with E-state index in [0.29, 0.717) is 6.42 Å². The SMILES string of the molecule is CC(N)CC(=O)N(C)c1ccc2nc[nH]c2c1. The number of aromatic nitrogens is 2.